The van der Waals surface area contributed by atoms with Gasteiger partial charge in [-0.3, -0.25) is 0 Å². The number of nitrogens with one attached hydrogen (secondary N) is 2. The zero-order valence-electron chi connectivity index (χ0n) is 14.8. The maximum absolute atomic E-state index is 11.2. The minimum Gasteiger partial charge on any atom is -0.478 e. The van der Waals surface area contributed by atoms with E-state index in [0.29, 0.717) is 17.3 Å². The summed E-state index contributed by atoms with van der Waals surface area (Å²) in [6.07, 6.45) is 1.62. The molecule has 27 heavy (non-hydrogen) atoms. The fourth-order valence-electron chi connectivity index (χ4n) is 2.66. The van der Waals surface area contributed by atoms with Crippen molar-refractivity contribution in [3.8, 4) is 6.07 Å². The molecule has 0 saturated carbocycles. The van der Waals surface area contributed by atoms with Crippen LogP contribution < -0.4 is 10.6 Å². The molecule has 0 bridgehead atoms. The van der Waals surface area contributed by atoms with Gasteiger partial charge in [0, 0.05) is 17.6 Å². The molecule has 7 nitrogen and oxygen atoms in total. The quantitative estimate of drug-likeness (QED) is 0.627. The van der Waals surface area contributed by atoms with E-state index < -0.39 is 5.97 Å². The molecule has 2 aromatic carbocycles. The highest BCUT2D eigenvalue weighted by atomic mass is 16.4. The number of aromatic carboxylic acids is 1. The summed E-state index contributed by atoms with van der Waals surface area (Å²) in [7, 11) is 0. The molecule has 0 aliphatic heterocycles. The predicted octanol–water partition coefficient (Wildman–Crippen LogP) is 4.15. The molecule has 0 aliphatic carbocycles. The molecule has 0 spiro atoms. The molecular formula is C20H17N5O2. The number of hydrogen-bond acceptors (Lipinski definition) is 6. The Morgan fingerprint density at radius 2 is 1.74 bits per heavy atom. The van der Waals surface area contributed by atoms with Crippen molar-refractivity contribution in [1.82, 2.24) is 9.97 Å². The van der Waals surface area contributed by atoms with Gasteiger partial charge in [-0.15, -0.1) is 0 Å². The van der Waals surface area contributed by atoms with Gasteiger partial charge in [-0.1, -0.05) is 0 Å². The molecule has 3 aromatic rings. The number of aryl methyl sites for hydroxylation is 2. The highest BCUT2D eigenvalue weighted by molar-refractivity contribution is 5.89. The second-order valence-corrected chi connectivity index (χ2v) is 5.99. The second kappa shape index (κ2) is 7.54. The van der Waals surface area contributed by atoms with E-state index in [1.807, 2.05) is 13.8 Å². The Morgan fingerprint density at radius 1 is 1.07 bits per heavy atom. The van der Waals surface area contributed by atoms with Gasteiger partial charge in [-0.05, 0) is 67.4 Å². The maximum Gasteiger partial charge on any atom is 0.335 e. The number of carboxylic acids is 1. The molecule has 134 valence electrons. The third-order valence-electron chi connectivity index (χ3n) is 3.96. The number of benzene rings is 2. The minimum absolute atomic E-state index is 0.251. The van der Waals surface area contributed by atoms with E-state index in [4.69, 9.17) is 10.4 Å². The van der Waals surface area contributed by atoms with Gasteiger partial charge < -0.3 is 15.7 Å². The Labute approximate surface area is 156 Å². The number of carboxylic acid groups (broad SMARTS) is 1. The van der Waals surface area contributed by atoms with Crippen molar-refractivity contribution in [1.29, 1.82) is 5.26 Å². The van der Waals surface area contributed by atoms with Gasteiger partial charge in [0.1, 0.15) is 5.82 Å². The van der Waals surface area contributed by atoms with E-state index in [0.717, 1.165) is 22.5 Å². The van der Waals surface area contributed by atoms with Crippen LogP contribution in [0.25, 0.3) is 0 Å². The van der Waals surface area contributed by atoms with E-state index in [2.05, 4.69) is 26.7 Å². The summed E-state index contributed by atoms with van der Waals surface area (Å²) in [5.41, 5.74) is 4.03. The fourth-order valence-corrected chi connectivity index (χ4v) is 2.66. The van der Waals surface area contributed by atoms with Crippen molar-refractivity contribution >= 4 is 29.1 Å². The van der Waals surface area contributed by atoms with Crippen LogP contribution in [0.2, 0.25) is 0 Å². The first-order valence-corrected chi connectivity index (χ1v) is 8.18. The van der Waals surface area contributed by atoms with Crippen LogP contribution in [0.4, 0.5) is 23.1 Å². The van der Waals surface area contributed by atoms with Crippen molar-refractivity contribution in [3.63, 3.8) is 0 Å². The fraction of sp³-hybridized carbons (Fsp3) is 0.100. The Kier molecular flexibility index (Phi) is 4.99. The zero-order chi connectivity index (χ0) is 19.4. The van der Waals surface area contributed by atoms with E-state index in [1.165, 1.54) is 0 Å². The molecule has 1 heterocycles. The molecule has 3 rings (SSSR count). The van der Waals surface area contributed by atoms with Gasteiger partial charge in [0.25, 0.3) is 0 Å². The first-order chi connectivity index (χ1) is 13.0. The molecule has 0 radical (unpaired) electrons. The Morgan fingerprint density at radius 3 is 2.33 bits per heavy atom. The number of nitrogens with zero attached hydrogens (tertiary/aromatic N) is 3. The highest BCUT2D eigenvalue weighted by Gasteiger charge is 2.11. The highest BCUT2D eigenvalue weighted by Crippen LogP contribution is 2.26. The number of rotatable bonds is 5. The van der Waals surface area contributed by atoms with Crippen molar-refractivity contribution in [3.05, 3.63) is 70.9 Å². The second-order valence-electron chi connectivity index (χ2n) is 5.99. The molecule has 0 aliphatic rings. The van der Waals surface area contributed by atoms with Crippen LogP contribution in [0.3, 0.4) is 0 Å². The molecule has 0 unspecified atom stereocenters. The van der Waals surface area contributed by atoms with Crippen molar-refractivity contribution in [2.75, 3.05) is 10.6 Å². The Hall–Kier alpha value is -3.92. The standard InChI is InChI=1S/C20H17N5O2/c1-12-9-15(19(26)27)10-13(2)18(12)24-17-7-8-22-20(25-17)23-16-5-3-14(11-21)4-6-16/h3-10H,1-2H3,(H,26,27)(H2,22,23,24,25). The van der Waals surface area contributed by atoms with Gasteiger partial charge in [0.05, 0.1) is 17.2 Å². The molecule has 0 atom stereocenters. The van der Waals surface area contributed by atoms with E-state index in [1.54, 1.807) is 48.7 Å². The molecule has 0 fully saturated rings. The molecule has 3 N–H and O–H groups in total. The number of hydrogen-bond donors (Lipinski definition) is 3. The third kappa shape index (κ3) is 4.19. The lowest BCUT2D eigenvalue weighted by Gasteiger charge is -2.14. The minimum atomic E-state index is -0.955. The van der Waals surface area contributed by atoms with Crippen molar-refractivity contribution in [2.45, 2.75) is 13.8 Å². The maximum atomic E-state index is 11.2. The molecule has 1 aromatic heterocycles. The average molecular weight is 359 g/mol. The smallest absolute Gasteiger partial charge is 0.335 e. The Balaban J connectivity index is 1.82. The normalized spacial score (nSPS) is 10.1. The summed E-state index contributed by atoms with van der Waals surface area (Å²) in [4.78, 5) is 19.8. The van der Waals surface area contributed by atoms with Crippen LogP contribution in [0.5, 0.6) is 0 Å². The topological polar surface area (TPSA) is 111 Å². The van der Waals surface area contributed by atoms with Crippen LogP contribution >= 0.6 is 0 Å². The average Bonchev–Trinajstić information content (AvgIpc) is 2.65. The SMILES string of the molecule is Cc1cc(C(=O)O)cc(C)c1Nc1ccnc(Nc2ccc(C#N)cc2)n1. The van der Waals surface area contributed by atoms with E-state index in [-0.39, 0.29) is 5.56 Å². The van der Waals surface area contributed by atoms with Crippen LogP contribution in [-0.4, -0.2) is 21.0 Å². The summed E-state index contributed by atoms with van der Waals surface area (Å²) >= 11 is 0. The number of nitriles is 1. The number of aromatic nitrogens is 2. The van der Waals surface area contributed by atoms with Gasteiger partial charge >= 0.3 is 5.97 Å². The lowest BCUT2D eigenvalue weighted by molar-refractivity contribution is 0.0696. The number of carbonyl (C=O) groups is 1. The predicted molar refractivity (Wildman–Crippen MR) is 103 cm³/mol. The lowest BCUT2D eigenvalue weighted by Crippen LogP contribution is -2.04. The third-order valence-corrected chi connectivity index (χ3v) is 3.96. The van der Waals surface area contributed by atoms with Gasteiger partial charge in [-0.25, -0.2) is 9.78 Å². The summed E-state index contributed by atoms with van der Waals surface area (Å²) in [5, 5.41) is 24.3. The molecule has 7 heteroatoms. The Bertz CT molecular complexity index is 1020. The van der Waals surface area contributed by atoms with Crippen LogP contribution in [0, 0.1) is 25.2 Å². The van der Waals surface area contributed by atoms with Gasteiger partial charge in [0.15, 0.2) is 0 Å². The molecule has 0 amide bonds. The summed E-state index contributed by atoms with van der Waals surface area (Å²) < 4.78 is 0. The monoisotopic (exact) mass is 359 g/mol. The first kappa shape index (κ1) is 17.9. The summed E-state index contributed by atoms with van der Waals surface area (Å²) in [6, 6.07) is 14.0. The van der Waals surface area contributed by atoms with Crippen molar-refractivity contribution in [2.24, 2.45) is 0 Å². The molecule has 0 saturated heterocycles. The summed E-state index contributed by atoms with van der Waals surface area (Å²) in [5.74, 6) is 0.0290. The molecular weight excluding hydrogens is 342 g/mol. The number of anilines is 4. The van der Waals surface area contributed by atoms with Crippen LogP contribution in [0.1, 0.15) is 27.0 Å². The largest absolute Gasteiger partial charge is 0.478 e. The van der Waals surface area contributed by atoms with Crippen LogP contribution in [0.15, 0.2) is 48.7 Å². The van der Waals surface area contributed by atoms with E-state index >= 15 is 0 Å². The van der Waals surface area contributed by atoms with Gasteiger partial charge in [0.2, 0.25) is 5.95 Å². The zero-order valence-corrected chi connectivity index (χ0v) is 14.8. The van der Waals surface area contributed by atoms with Crippen molar-refractivity contribution < 1.29 is 9.90 Å². The van der Waals surface area contributed by atoms with Crippen LogP contribution in [-0.2, 0) is 0 Å². The van der Waals surface area contributed by atoms with Gasteiger partial charge in [-0.2, -0.15) is 10.2 Å². The lowest BCUT2D eigenvalue weighted by atomic mass is 10.0. The van der Waals surface area contributed by atoms with E-state index in [9.17, 15) is 4.79 Å². The first-order valence-electron chi connectivity index (χ1n) is 8.18. The summed E-state index contributed by atoms with van der Waals surface area (Å²) in [6.45, 7) is 3.69.